The van der Waals surface area contributed by atoms with E-state index in [1.54, 1.807) is 18.2 Å². The van der Waals surface area contributed by atoms with Gasteiger partial charge in [-0.1, -0.05) is 60.3 Å². The summed E-state index contributed by atoms with van der Waals surface area (Å²) in [4.78, 5) is 12.5. The van der Waals surface area contributed by atoms with Gasteiger partial charge in [-0.15, -0.1) is 10.2 Å². The fourth-order valence-corrected chi connectivity index (χ4v) is 3.98. The van der Waals surface area contributed by atoms with E-state index < -0.39 is 0 Å². The SMILES string of the molecule is CCn1c(SCC(=O)Nc2cccc3ccccc23)nnc1-c1ccccc1F. The number of hydrogen-bond donors (Lipinski definition) is 1. The Bertz CT molecular complexity index is 1170. The van der Waals surface area contributed by atoms with Crippen LogP contribution in [-0.2, 0) is 11.3 Å². The number of carbonyl (C=O) groups is 1. The van der Waals surface area contributed by atoms with E-state index in [2.05, 4.69) is 15.5 Å². The third-order valence-electron chi connectivity index (χ3n) is 4.54. The maximum absolute atomic E-state index is 14.1. The molecule has 29 heavy (non-hydrogen) atoms. The van der Waals surface area contributed by atoms with Gasteiger partial charge in [0.05, 0.1) is 11.3 Å². The molecule has 0 fully saturated rings. The Hall–Kier alpha value is -3.19. The Morgan fingerprint density at radius 1 is 1.03 bits per heavy atom. The number of anilines is 1. The zero-order valence-electron chi connectivity index (χ0n) is 15.8. The summed E-state index contributed by atoms with van der Waals surface area (Å²) in [5, 5.41) is 13.9. The molecule has 146 valence electrons. The summed E-state index contributed by atoms with van der Waals surface area (Å²) in [6.07, 6.45) is 0. The molecule has 1 heterocycles. The molecule has 0 aliphatic heterocycles. The van der Waals surface area contributed by atoms with Gasteiger partial charge in [0.2, 0.25) is 5.91 Å². The second-order valence-corrected chi connectivity index (χ2v) is 7.34. The molecule has 4 rings (SSSR count). The molecule has 1 amide bonds. The standard InChI is InChI=1S/C22H19FN4OS/c1-2-27-21(17-11-5-6-12-18(17)23)25-26-22(27)29-14-20(28)24-19-13-7-9-15-8-3-4-10-16(15)19/h3-13H,2,14H2,1H3,(H,24,28). The van der Waals surface area contributed by atoms with Crippen LogP contribution in [0, 0.1) is 5.82 Å². The van der Waals surface area contributed by atoms with Crippen molar-refractivity contribution in [2.75, 3.05) is 11.1 Å². The van der Waals surface area contributed by atoms with Gasteiger partial charge in [-0.05, 0) is 30.5 Å². The number of carbonyl (C=O) groups excluding carboxylic acids is 1. The minimum Gasteiger partial charge on any atom is -0.325 e. The highest BCUT2D eigenvalue weighted by Gasteiger charge is 2.17. The Kier molecular flexibility index (Phi) is 5.57. The maximum atomic E-state index is 14.1. The van der Waals surface area contributed by atoms with Crippen LogP contribution >= 0.6 is 11.8 Å². The van der Waals surface area contributed by atoms with E-state index in [4.69, 9.17) is 0 Å². The lowest BCUT2D eigenvalue weighted by atomic mass is 10.1. The first-order valence-corrected chi connectivity index (χ1v) is 10.2. The topological polar surface area (TPSA) is 59.8 Å². The Labute approximate surface area is 172 Å². The van der Waals surface area contributed by atoms with Gasteiger partial charge in [0.1, 0.15) is 5.82 Å². The molecule has 0 atom stereocenters. The number of benzene rings is 3. The summed E-state index contributed by atoms with van der Waals surface area (Å²) in [6, 6.07) is 20.2. The van der Waals surface area contributed by atoms with E-state index in [0.29, 0.717) is 23.1 Å². The van der Waals surface area contributed by atoms with Gasteiger partial charge in [0.25, 0.3) is 0 Å². The van der Waals surface area contributed by atoms with Crippen LogP contribution < -0.4 is 5.32 Å². The molecule has 0 radical (unpaired) electrons. The second-order valence-electron chi connectivity index (χ2n) is 6.39. The summed E-state index contributed by atoms with van der Waals surface area (Å²) < 4.78 is 15.9. The molecule has 0 saturated carbocycles. The number of nitrogens with one attached hydrogen (secondary N) is 1. The van der Waals surface area contributed by atoms with Gasteiger partial charge in [-0.3, -0.25) is 4.79 Å². The van der Waals surface area contributed by atoms with Crippen LogP contribution in [-0.4, -0.2) is 26.4 Å². The average molecular weight is 406 g/mol. The second kappa shape index (κ2) is 8.45. The van der Waals surface area contributed by atoms with Crippen LogP contribution in [0.25, 0.3) is 22.2 Å². The molecule has 7 heteroatoms. The number of rotatable bonds is 6. The molecule has 3 aromatic carbocycles. The molecule has 0 aliphatic rings. The normalized spacial score (nSPS) is 11.0. The van der Waals surface area contributed by atoms with Crippen LogP contribution in [0.3, 0.4) is 0 Å². The Balaban J connectivity index is 1.49. The highest BCUT2D eigenvalue weighted by Crippen LogP contribution is 2.27. The fourth-order valence-electron chi connectivity index (χ4n) is 3.17. The molecule has 1 aromatic heterocycles. The maximum Gasteiger partial charge on any atom is 0.234 e. The minimum absolute atomic E-state index is 0.135. The lowest BCUT2D eigenvalue weighted by Crippen LogP contribution is -2.15. The molecular weight excluding hydrogens is 387 g/mol. The molecule has 0 spiro atoms. The van der Waals surface area contributed by atoms with Gasteiger partial charge < -0.3 is 9.88 Å². The van der Waals surface area contributed by atoms with Gasteiger partial charge in [0.15, 0.2) is 11.0 Å². The van der Waals surface area contributed by atoms with Crippen LogP contribution in [0.2, 0.25) is 0 Å². The van der Waals surface area contributed by atoms with Gasteiger partial charge in [-0.2, -0.15) is 0 Å². The zero-order valence-corrected chi connectivity index (χ0v) is 16.6. The van der Waals surface area contributed by atoms with Gasteiger partial charge in [0, 0.05) is 17.6 Å². The fraction of sp³-hybridized carbons (Fsp3) is 0.136. The largest absolute Gasteiger partial charge is 0.325 e. The highest BCUT2D eigenvalue weighted by molar-refractivity contribution is 7.99. The van der Waals surface area contributed by atoms with Gasteiger partial charge in [-0.25, -0.2) is 4.39 Å². The van der Waals surface area contributed by atoms with Crippen molar-refractivity contribution in [1.82, 2.24) is 14.8 Å². The first-order valence-electron chi connectivity index (χ1n) is 9.26. The van der Waals surface area contributed by atoms with Crippen molar-refractivity contribution in [1.29, 1.82) is 0 Å². The van der Waals surface area contributed by atoms with Crippen molar-refractivity contribution in [3.63, 3.8) is 0 Å². The van der Waals surface area contributed by atoms with E-state index in [0.717, 1.165) is 16.5 Å². The summed E-state index contributed by atoms with van der Waals surface area (Å²) >= 11 is 1.28. The summed E-state index contributed by atoms with van der Waals surface area (Å²) in [7, 11) is 0. The lowest BCUT2D eigenvalue weighted by Gasteiger charge is -2.10. The van der Waals surface area contributed by atoms with E-state index in [-0.39, 0.29) is 17.5 Å². The van der Waals surface area contributed by atoms with E-state index in [9.17, 15) is 9.18 Å². The minimum atomic E-state index is -0.347. The zero-order chi connectivity index (χ0) is 20.2. The highest BCUT2D eigenvalue weighted by atomic mass is 32.2. The monoisotopic (exact) mass is 406 g/mol. The quantitative estimate of drug-likeness (QED) is 0.459. The number of amides is 1. The van der Waals surface area contributed by atoms with E-state index in [1.165, 1.54) is 17.8 Å². The molecule has 0 bridgehead atoms. The number of halogens is 1. The third-order valence-corrected chi connectivity index (χ3v) is 5.51. The van der Waals surface area contributed by atoms with E-state index >= 15 is 0 Å². The molecule has 4 aromatic rings. The van der Waals surface area contributed by atoms with Crippen LogP contribution in [0.5, 0.6) is 0 Å². The Morgan fingerprint density at radius 3 is 2.62 bits per heavy atom. The van der Waals surface area contributed by atoms with Crippen molar-refractivity contribution < 1.29 is 9.18 Å². The van der Waals surface area contributed by atoms with Crippen LogP contribution in [0.1, 0.15) is 6.92 Å². The molecule has 0 aliphatic carbocycles. The molecule has 5 nitrogen and oxygen atoms in total. The number of thioether (sulfide) groups is 1. The van der Waals surface area contributed by atoms with Crippen molar-refractivity contribution in [3.8, 4) is 11.4 Å². The molecule has 0 unspecified atom stereocenters. The predicted molar refractivity (Wildman–Crippen MR) is 114 cm³/mol. The van der Waals surface area contributed by atoms with Crippen molar-refractivity contribution in [2.24, 2.45) is 0 Å². The van der Waals surface area contributed by atoms with Crippen molar-refractivity contribution in [2.45, 2.75) is 18.6 Å². The summed E-state index contributed by atoms with van der Waals surface area (Å²) in [6.45, 7) is 2.51. The van der Waals surface area contributed by atoms with Crippen molar-refractivity contribution in [3.05, 3.63) is 72.5 Å². The molecule has 0 saturated heterocycles. The molecule has 1 N–H and O–H groups in total. The summed E-state index contributed by atoms with van der Waals surface area (Å²) in [5.74, 6) is 0.158. The number of aromatic nitrogens is 3. The van der Waals surface area contributed by atoms with Crippen LogP contribution in [0.4, 0.5) is 10.1 Å². The average Bonchev–Trinajstić information content (AvgIpc) is 3.15. The number of hydrogen-bond acceptors (Lipinski definition) is 4. The van der Waals surface area contributed by atoms with E-state index in [1.807, 2.05) is 54.0 Å². The lowest BCUT2D eigenvalue weighted by molar-refractivity contribution is -0.113. The van der Waals surface area contributed by atoms with Crippen LogP contribution in [0.15, 0.2) is 71.9 Å². The first kappa shape index (κ1) is 19.1. The smallest absolute Gasteiger partial charge is 0.234 e. The third kappa shape index (κ3) is 4.00. The molecular formula is C22H19FN4OS. The summed E-state index contributed by atoms with van der Waals surface area (Å²) in [5.41, 5.74) is 1.17. The Morgan fingerprint density at radius 2 is 1.79 bits per heavy atom. The van der Waals surface area contributed by atoms with Crippen molar-refractivity contribution >= 4 is 34.1 Å². The first-order chi connectivity index (χ1) is 14.2. The predicted octanol–water partition coefficient (Wildman–Crippen LogP) is 4.99. The van der Waals surface area contributed by atoms with Gasteiger partial charge >= 0.3 is 0 Å². The number of fused-ring (bicyclic) bond motifs is 1. The number of nitrogens with zero attached hydrogens (tertiary/aromatic N) is 3.